The van der Waals surface area contributed by atoms with Gasteiger partial charge in [-0.15, -0.1) is 0 Å². The Morgan fingerprint density at radius 3 is 2.59 bits per heavy atom. The molecule has 0 bridgehead atoms. The Kier molecular flexibility index (Phi) is 4.50. The first-order chi connectivity index (χ1) is 13.9. The van der Waals surface area contributed by atoms with Gasteiger partial charge in [-0.25, -0.2) is 4.52 Å². The van der Waals surface area contributed by atoms with Gasteiger partial charge in [0.05, 0.1) is 5.52 Å². The molecule has 0 spiro atoms. The van der Waals surface area contributed by atoms with Crippen molar-refractivity contribution < 1.29 is 9.59 Å². The van der Waals surface area contributed by atoms with E-state index in [1.807, 2.05) is 35.9 Å². The number of carbonyl (C=O) groups excluding carboxylic acids is 2. The minimum atomic E-state index is -0.596. The highest BCUT2D eigenvalue weighted by atomic mass is 16.2. The molecular weight excluding hydrogens is 368 g/mol. The predicted molar refractivity (Wildman–Crippen MR) is 111 cm³/mol. The van der Waals surface area contributed by atoms with E-state index in [1.165, 1.54) is 13.0 Å². The van der Waals surface area contributed by atoms with E-state index < -0.39 is 6.04 Å². The summed E-state index contributed by atoms with van der Waals surface area (Å²) in [6.07, 6.45) is 0. The van der Waals surface area contributed by atoms with Crippen molar-refractivity contribution in [3.05, 3.63) is 76.2 Å². The van der Waals surface area contributed by atoms with Crippen molar-refractivity contribution in [2.75, 3.05) is 5.32 Å². The highest BCUT2D eigenvalue weighted by Crippen LogP contribution is 2.25. The quantitative estimate of drug-likeness (QED) is 0.543. The summed E-state index contributed by atoms with van der Waals surface area (Å²) >= 11 is 0. The molecule has 1 N–H and O–H groups in total. The molecule has 4 aromatic rings. The molecule has 29 heavy (non-hydrogen) atoms. The summed E-state index contributed by atoms with van der Waals surface area (Å²) in [5.74, 6) is -0.311. The second-order valence-corrected chi connectivity index (χ2v) is 7.04. The van der Waals surface area contributed by atoms with Gasteiger partial charge < -0.3 is 5.32 Å². The average molecular weight is 388 g/mol. The number of rotatable bonds is 4. The minimum absolute atomic E-state index is 0.0674. The number of aryl methyl sites for hydroxylation is 1. The third-order valence-corrected chi connectivity index (χ3v) is 4.97. The van der Waals surface area contributed by atoms with Gasteiger partial charge >= 0.3 is 0 Å². The SMILES string of the molecule is CC(=O)c1cccc(NC(=O)C(C)n2c3ccccc3c3nc(=O)cc(C)n32)c1. The number of ketones is 1. The summed E-state index contributed by atoms with van der Waals surface area (Å²) in [6.45, 7) is 5.08. The molecule has 1 unspecified atom stereocenters. The predicted octanol–water partition coefficient (Wildman–Crippen LogP) is 3.36. The van der Waals surface area contributed by atoms with Crippen LogP contribution >= 0.6 is 0 Å². The molecule has 146 valence electrons. The van der Waals surface area contributed by atoms with Crippen molar-refractivity contribution in [1.82, 2.24) is 14.2 Å². The molecule has 0 aliphatic heterocycles. The van der Waals surface area contributed by atoms with Gasteiger partial charge in [-0.05, 0) is 45.0 Å². The second-order valence-electron chi connectivity index (χ2n) is 7.04. The number of para-hydroxylation sites is 1. The highest BCUT2D eigenvalue weighted by molar-refractivity contribution is 5.99. The van der Waals surface area contributed by atoms with Crippen molar-refractivity contribution in [2.45, 2.75) is 26.8 Å². The second kappa shape index (κ2) is 7.01. The highest BCUT2D eigenvalue weighted by Gasteiger charge is 2.22. The van der Waals surface area contributed by atoms with Gasteiger partial charge in [-0.1, -0.05) is 24.3 Å². The van der Waals surface area contributed by atoms with Gasteiger partial charge in [-0.3, -0.25) is 19.1 Å². The molecule has 0 saturated heterocycles. The largest absolute Gasteiger partial charge is 0.324 e. The van der Waals surface area contributed by atoms with Crippen molar-refractivity contribution >= 4 is 33.9 Å². The van der Waals surface area contributed by atoms with Crippen LogP contribution in [0.1, 0.15) is 35.9 Å². The summed E-state index contributed by atoms with van der Waals surface area (Å²) < 4.78 is 3.62. The van der Waals surface area contributed by atoms with E-state index in [-0.39, 0.29) is 17.2 Å². The Morgan fingerprint density at radius 2 is 1.83 bits per heavy atom. The molecule has 2 aromatic carbocycles. The summed E-state index contributed by atoms with van der Waals surface area (Å²) in [6, 6.07) is 15.2. The van der Waals surface area contributed by atoms with Crippen molar-refractivity contribution in [1.29, 1.82) is 0 Å². The Hall–Kier alpha value is -3.74. The van der Waals surface area contributed by atoms with Gasteiger partial charge in [0.2, 0.25) is 5.91 Å². The third-order valence-electron chi connectivity index (χ3n) is 4.97. The van der Waals surface area contributed by atoms with Gasteiger partial charge in [0.1, 0.15) is 6.04 Å². The number of nitrogens with one attached hydrogen (secondary N) is 1. The van der Waals surface area contributed by atoms with Crippen LogP contribution in [-0.2, 0) is 4.79 Å². The number of aromatic nitrogens is 3. The summed E-state index contributed by atoms with van der Waals surface area (Å²) in [5.41, 5.74) is 2.78. The Bertz CT molecular complexity index is 1330. The number of Topliss-reactive ketones (excluding diaryl/α,β-unsaturated/α-hetero) is 1. The first kappa shape index (κ1) is 18.6. The molecule has 4 rings (SSSR count). The van der Waals surface area contributed by atoms with Crippen LogP contribution in [0.2, 0.25) is 0 Å². The lowest BCUT2D eigenvalue weighted by atomic mass is 10.1. The number of nitrogens with zero attached hydrogens (tertiary/aromatic N) is 3. The van der Waals surface area contributed by atoms with Crippen LogP contribution in [0.15, 0.2) is 59.4 Å². The topological polar surface area (TPSA) is 85.5 Å². The lowest BCUT2D eigenvalue weighted by molar-refractivity contribution is -0.119. The van der Waals surface area contributed by atoms with E-state index in [0.717, 1.165) is 10.9 Å². The maximum Gasteiger partial charge on any atom is 0.273 e. The number of fused-ring (bicyclic) bond motifs is 3. The van der Waals surface area contributed by atoms with Gasteiger partial charge in [-0.2, -0.15) is 4.98 Å². The number of hydrogen-bond donors (Lipinski definition) is 1. The number of anilines is 1. The first-order valence-corrected chi connectivity index (χ1v) is 9.28. The molecule has 0 saturated carbocycles. The van der Waals surface area contributed by atoms with Gasteiger partial charge in [0.15, 0.2) is 11.4 Å². The van der Waals surface area contributed by atoms with Crippen LogP contribution in [0.5, 0.6) is 0 Å². The number of carbonyl (C=O) groups is 2. The number of amides is 1. The third kappa shape index (κ3) is 3.20. The van der Waals surface area contributed by atoms with Gasteiger partial charge in [0, 0.05) is 28.4 Å². The normalized spacial score (nSPS) is 12.2. The molecule has 0 radical (unpaired) electrons. The molecule has 7 heteroatoms. The van der Waals surface area contributed by atoms with E-state index in [0.29, 0.717) is 22.6 Å². The molecule has 0 aliphatic carbocycles. The fourth-order valence-corrected chi connectivity index (χ4v) is 3.56. The molecular formula is C22H20N4O3. The van der Waals surface area contributed by atoms with E-state index in [1.54, 1.807) is 35.7 Å². The lowest BCUT2D eigenvalue weighted by Crippen LogP contribution is -2.27. The molecule has 1 amide bonds. The maximum absolute atomic E-state index is 13.0. The molecule has 0 aliphatic rings. The molecule has 0 fully saturated rings. The Morgan fingerprint density at radius 1 is 1.07 bits per heavy atom. The van der Waals surface area contributed by atoms with Crippen molar-refractivity contribution in [2.24, 2.45) is 0 Å². The standard InChI is InChI=1S/C22H20N4O3/c1-13-11-20(28)24-21-18-9-4-5-10-19(18)26(25(13)21)14(2)22(29)23-17-8-6-7-16(12-17)15(3)27/h4-12,14H,1-3H3,(H,23,29). The summed E-state index contributed by atoms with van der Waals surface area (Å²) in [5, 5.41) is 3.68. The van der Waals surface area contributed by atoms with Crippen LogP contribution in [0.25, 0.3) is 16.6 Å². The zero-order valence-electron chi connectivity index (χ0n) is 16.3. The Balaban J connectivity index is 1.81. The minimum Gasteiger partial charge on any atom is -0.324 e. The van der Waals surface area contributed by atoms with Crippen LogP contribution in [-0.4, -0.2) is 25.9 Å². The van der Waals surface area contributed by atoms with Gasteiger partial charge in [0.25, 0.3) is 5.56 Å². The van der Waals surface area contributed by atoms with Crippen LogP contribution in [0.3, 0.4) is 0 Å². The van der Waals surface area contributed by atoms with E-state index >= 15 is 0 Å². The lowest BCUT2D eigenvalue weighted by Gasteiger charge is -2.18. The summed E-state index contributed by atoms with van der Waals surface area (Å²) in [7, 11) is 0. The smallest absolute Gasteiger partial charge is 0.273 e. The monoisotopic (exact) mass is 388 g/mol. The average Bonchev–Trinajstić information content (AvgIpc) is 3.02. The zero-order chi connectivity index (χ0) is 20.7. The zero-order valence-corrected chi connectivity index (χ0v) is 16.3. The summed E-state index contributed by atoms with van der Waals surface area (Å²) in [4.78, 5) is 40.8. The fourth-order valence-electron chi connectivity index (χ4n) is 3.56. The number of benzene rings is 2. The molecule has 7 nitrogen and oxygen atoms in total. The van der Waals surface area contributed by atoms with Crippen LogP contribution in [0, 0.1) is 6.92 Å². The molecule has 2 heterocycles. The van der Waals surface area contributed by atoms with Crippen molar-refractivity contribution in [3.8, 4) is 0 Å². The van der Waals surface area contributed by atoms with E-state index in [4.69, 9.17) is 0 Å². The number of hydrogen-bond acceptors (Lipinski definition) is 4. The maximum atomic E-state index is 13.0. The van der Waals surface area contributed by atoms with Crippen molar-refractivity contribution in [3.63, 3.8) is 0 Å². The molecule has 1 atom stereocenters. The van der Waals surface area contributed by atoms with Crippen LogP contribution < -0.4 is 10.9 Å². The van der Waals surface area contributed by atoms with Crippen LogP contribution in [0.4, 0.5) is 5.69 Å². The fraction of sp³-hybridized carbons (Fsp3) is 0.182. The van der Waals surface area contributed by atoms with E-state index in [2.05, 4.69) is 10.3 Å². The first-order valence-electron chi connectivity index (χ1n) is 9.28. The van der Waals surface area contributed by atoms with E-state index in [9.17, 15) is 14.4 Å². The Labute approximate surface area is 166 Å². The molecule has 2 aromatic heterocycles.